The summed E-state index contributed by atoms with van der Waals surface area (Å²) in [6.07, 6.45) is 0.631. The van der Waals surface area contributed by atoms with Gasteiger partial charge in [-0.3, -0.25) is 4.68 Å². The van der Waals surface area contributed by atoms with Crippen LogP contribution in [0.2, 0.25) is 0 Å². The molecule has 0 fully saturated rings. The van der Waals surface area contributed by atoms with E-state index in [2.05, 4.69) is 5.10 Å². The Hall–Kier alpha value is -1.68. The second-order valence-electron chi connectivity index (χ2n) is 3.50. The first-order valence-corrected chi connectivity index (χ1v) is 5.18. The van der Waals surface area contributed by atoms with Gasteiger partial charge in [-0.25, -0.2) is 4.39 Å². The molecule has 0 spiro atoms. The Morgan fingerprint density at radius 2 is 2.12 bits per heavy atom. The molecule has 16 heavy (non-hydrogen) atoms. The maximum absolute atomic E-state index is 13.5. The van der Waals surface area contributed by atoms with E-state index < -0.39 is 11.9 Å². The standard InChI is InChI=1S/C12H13FN2O/c1-2-15-11(7-8-14-15)12(16)9-5-3-4-6-10(9)13/h3-8,12,16H,2H2,1H3. The van der Waals surface area contributed by atoms with Crippen LogP contribution in [-0.2, 0) is 6.54 Å². The number of aryl methyl sites for hydroxylation is 1. The van der Waals surface area contributed by atoms with Gasteiger partial charge in [0.05, 0.1) is 5.69 Å². The quantitative estimate of drug-likeness (QED) is 0.860. The number of hydrogen-bond acceptors (Lipinski definition) is 2. The van der Waals surface area contributed by atoms with Crippen molar-refractivity contribution in [2.24, 2.45) is 0 Å². The van der Waals surface area contributed by atoms with Gasteiger partial charge in [0.25, 0.3) is 0 Å². The average molecular weight is 220 g/mol. The first-order chi connectivity index (χ1) is 7.74. The Morgan fingerprint density at radius 3 is 2.81 bits per heavy atom. The highest BCUT2D eigenvalue weighted by Gasteiger charge is 2.17. The van der Waals surface area contributed by atoms with Crippen molar-refractivity contribution in [1.82, 2.24) is 9.78 Å². The van der Waals surface area contributed by atoms with E-state index in [0.717, 1.165) is 0 Å². The molecule has 0 aliphatic carbocycles. The van der Waals surface area contributed by atoms with Gasteiger partial charge in [-0.15, -0.1) is 0 Å². The first-order valence-electron chi connectivity index (χ1n) is 5.18. The smallest absolute Gasteiger partial charge is 0.129 e. The molecule has 1 aromatic carbocycles. The van der Waals surface area contributed by atoms with Crippen LogP contribution in [0.4, 0.5) is 4.39 Å². The van der Waals surface area contributed by atoms with Gasteiger partial charge in [-0.2, -0.15) is 5.10 Å². The highest BCUT2D eigenvalue weighted by atomic mass is 19.1. The summed E-state index contributed by atoms with van der Waals surface area (Å²) in [5.74, 6) is -0.404. The van der Waals surface area contributed by atoms with E-state index in [1.54, 1.807) is 35.1 Å². The number of nitrogens with zero attached hydrogens (tertiary/aromatic N) is 2. The van der Waals surface area contributed by atoms with E-state index >= 15 is 0 Å². The predicted molar refractivity (Wildman–Crippen MR) is 58.4 cm³/mol. The van der Waals surface area contributed by atoms with E-state index in [1.807, 2.05) is 6.92 Å². The maximum atomic E-state index is 13.5. The van der Waals surface area contributed by atoms with Crippen LogP contribution in [0.25, 0.3) is 0 Å². The molecular formula is C12H13FN2O. The third-order valence-corrected chi connectivity index (χ3v) is 2.53. The number of aliphatic hydroxyl groups excluding tert-OH is 1. The Bertz CT molecular complexity index is 481. The molecule has 2 rings (SSSR count). The lowest BCUT2D eigenvalue weighted by atomic mass is 10.1. The summed E-state index contributed by atoms with van der Waals surface area (Å²) in [6.45, 7) is 2.57. The Morgan fingerprint density at radius 1 is 1.38 bits per heavy atom. The molecule has 1 N–H and O–H groups in total. The first kappa shape index (κ1) is 10.8. The zero-order chi connectivity index (χ0) is 11.5. The molecule has 0 saturated carbocycles. The number of benzene rings is 1. The van der Waals surface area contributed by atoms with Crippen LogP contribution in [-0.4, -0.2) is 14.9 Å². The summed E-state index contributed by atoms with van der Waals surface area (Å²) < 4.78 is 15.1. The molecule has 2 aromatic rings. The van der Waals surface area contributed by atoms with Crippen LogP contribution in [0.15, 0.2) is 36.5 Å². The van der Waals surface area contributed by atoms with E-state index in [9.17, 15) is 9.50 Å². The fourth-order valence-corrected chi connectivity index (χ4v) is 1.70. The highest BCUT2D eigenvalue weighted by molar-refractivity contribution is 5.26. The number of aromatic nitrogens is 2. The minimum atomic E-state index is -0.969. The SMILES string of the molecule is CCn1nccc1C(O)c1ccccc1F. The van der Waals surface area contributed by atoms with Gasteiger partial charge in [0.1, 0.15) is 11.9 Å². The van der Waals surface area contributed by atoms with E-state index in [-0.39, 0.29) is 5.56 Å². The van der Waals surface area contributed by atoms with E-state index in [0.29, 0.717) is 12.2 Å². The molecule has 1 atom stereocenters. The summed E-state index contributed by atoms with van der Waals surface area (Å²) in [4.78, 5) is 0. The molecule has 1 heterocycles. The van der Waals surface area contributed by atoms with Gasteiger partial charge in [0, 0.05) is 18.3 Å². The molecule has 0 aliphatic rings. The van der Waals surface area contributed by atoms with Crippen molar-refractivity contribution in [1.29, 1.82) is 0 Å². The lowest BCUT2D eigenvalue weighted by molar-refractivity contribution is 0.203. The molecule has 1 unspecified atom stereocenters. The van der Waals surface area contributed by atoms with Crippen LogP contribution in [0.3, 0.4) is 0 Å². The van der Waals surface area contributed by atoms with Crippen molar-refractivity contribution in [3.63, 3.8) is 0 Å². The second-order valence-corrected chi connectivity index (χ2v) is 3.50. The van der Waals surface area contributed by atoms with Crippen molar-refractivity contribution in [2.75, 3.05) is 0 Å². The monoisotopic (exact) mass is 220 g/mol. The molecule has 84 valence electrons. The molecule has 0 radical (unpaired) electrons. The van der Waals surface area contributed by atoms with Crippen LogP contribution in [0, 0.1) is 5.82 Å². The molecular weight excluding hydrogens is 207 g/mol. The predicted octanol–water partition coefficient (Wildman–Crippen LogP) is 2.12. The van der Waals surface area contributed by atoms with Gasteiger partial charge >= 0.3 is 0 Å². The molecule has 3 nitrogen and oxygen atoms in total. The highest BCUT2D eigenvalue weighted by Crippen LogP contribution is 2.23. The molecule has 4 heteroatoms. The van der Waals surface area contributed by atoms with Crippen molar-refractivity contribution in [3.05, 3.63) is 53.6 Å². The topological polar surface area (TPSA) is 38.0 Å². The molecule has 0 saturated heterocycles. The Labute approximate surface area is 93.2 Å². The summed E-state index contributed by atoms with van der Waals surface area (Å²) >= 11 is 0. The summed E-state index contributed by atoms with van der Waals surface area (Å²) in [5.41, 5.74) is 0.880. The minimum absolute atomic E-state index is 0.276. The van der Waals surface area contributed by atoms with Crippen LogP contribution in [0.5, 0.6) is 0 Å². The molecule has 0 bridgehead atoms. The Balaban J connectivity index is 2.39. The lowest BCUT2D eigenvalue weighted by Gasteiger charge is -2.13. The van der Waals surface area contributed by atoms with Gasteiger partial charge in [0.15, 0.2) is 0 Å². The van der Waals surface area contributed by atoms with Crippen molar-refractivity contribution in [2.45, 2.75) is 19.6 Å². The van der Waals surface area contributed by atoms with Crippen molar-refractivity contribution < 1.29 is 9.50 Å². The maximum Gasteiger partial charge on any atom is 0.129 e. The zero-order valence-electron chi connectivity index (χ0n) is 8.97. The number of rotatable bonds is 3. The van der Waals surface area contributed by atoms with Gasteiger partial charge in [0.2, 0.25) is 0 Å². The largest absolute Gasteiger partial charge is 0.382 e. The second kappa shape index (κ2) is 4.45. The zero-order valence-corrected chi connectivity index (χ0v) is 8.97. The Kier molecular flexibility index (Phi) is 3.01. The van der Waals surface area contributed by atoms with Gasteiger partial charge in [-0.05, 0) is 19.1 Å². The number of halogens is 1. The molecule has 0 aliphatic heterocycles. The summed E-state index contributed by atoms with van der Waals surface area (Å²) in [6, 6.07) is 7.91. The van der Waals surface area contributed by atoms with Crippen molar-refractivity contribution in [3.8, 4) is 0 Å². The van der Waals surface area contributed by atoms with Crippen LogP contribution >= 0.6 is 0 Å². The van der Waals surface area contributed by atoms with Gasteiger partial charge < -0.3 is 5.11 Å². The molecule has 0 amide bonds. The fourth-order valence-electron chi connectivity index (χ4n) is 1.70. The third-order valence-electron chi connectivity index (χ3n) is 2.53. The normalized spacial score (nSPS) is 12.7. The van der Waals surface area contributed by atoms with Crippen LogP contribution in [0.1, 0.15) is 24.3 Å². The number of hydrogen-bond donors (Lipinski definition) is 1. The average Bonchev–Trinajstić information content (AvgIpc) is 2.77. The summed E-state index contributed by atoms with van der Waals surface area (Å²) in [7, 11) is 0. The van der Waals surface area contributed by atoms with E-state index in [1.165, 1.54) is 6.07 Å². The van der Waals surface area contributed by atoms with Crippen LogP contribution < -0.4 is 0 Å². The van der Waals surface area contributed by atoms with Crippen molar-refractivity contribution >= 4 is 0 Å². The molecule has 1 aromatic heterocycles. The third kappa shape index (κ3) is 1.84. The van der Waals surface area contributed by atoms with Gasteiger partial charge in [-0.1, -0.05) is 18.2 Å². The number of aliphatic hydroxyl groups is 1. The fraction of sp³-hybridized carbons (Fsp3) is 0.250. The summed E-state index contributed by atoms with van der Waals surface area (Å²) in [5, 5.41) is 14.1. The minimum Gasteiger partial charge on any atom is -0.382 e. The van der Waals surface area contributed by atoms with E-state index in [4.69, 9.17) is 0 Å². The lowest BCUT2D eigenvalue weighted by Crippen LogP contribution is -2.10.